The summed E-state index contributed by atoms with van der Waals surface area (Å²) >= 11 is 4.80. The standard InChI is InChI=1S/C2H6O4P.CH3ClO2P.CH4O2.B.2W/c1-5-7(4)6-2-3;1-4-5(2)3;2-1-3;;;/h3-4H,1-2H2;3H,1H2;2-3H,1H2;;;/q2*-1;;;;. The number of aliphatic hydroxyl groups excluding tert-OH is 2. The summed E-state index contributed by atoms with van der Waals surface area (Å²) in [6.07, 6.45) is 0. The normalized spacial score (nSPS) is 10.7. The maximum atomic E-state index is 8.26. The molecule has 0 bridgehead atoms. The Balaban J connectivity index is -0.0000000296. The van der Waals surface area contributed by atoms with Gasteiger partial charge in [0.25, 0.3) is 8.60 Å². The zero-order chi connectivity index (χ0) is 12.7. The fourth-order valence-electron chi connectivity index (χ4n) is 0.0867. The fraction of sp³-hybridized carbons (Fsp3) is 0.500. The molecule has 8 nitrogen and oxygen atoms in total. The van der Waals surface area contributed by atoms with E-state index in [1.54, 1.807) is 0 Å². The SMILES string of the molecule is OCO.[B].[CH2-]OP(O)Cl.[CH2-]OP(O)OCO.[W].[W]. The minimum atomic E-state index is -1.94. The van der Waals surface area contributed by atoms with Gasteiger partial charge < -0.3 is 34.2 Å². The van der Waals surface area contributed by atoms with Gasteiger partial charge >= 0.3 is 0 Å². The largest absolute Gasteiger partial charge is 0.503 e. The summed E-state index contributed by atoms with van der Waals surface area (Å²) in [5.74, 6) is 0. The average Bonchev–Trinajstić information content (AvgIpc) is 2.20. The van der Waals surface area contributed by atoms with Crippen LogP contribution in [0.15, 0.2) is 0 Å². The second-order valence-electron chi connectivity index (χ2n) is 1.12. The molecule has 2 atom stereocenters. The van der Waals surface area contributed by atoms with Crippen LogP contribution >= 0.6 is 27.6 Å². The third-order valence-electron chi connectivity index (χ3n) is 0.385. The Kier molecular flexibility index (Phi) is 75.0. The molecule has 2 unspecified atom stereocenters. The van der Waals surface area contributed by atoms with Crippen LogP contribution in [0.2, 0.25) is 0 Å². The molecule has 0 amide bonds. The van der Waals surface area contributed by atoms with Crippen LogP contribution in [0, 0.1) is 14.2 Å². The molecule has 0 aliphatic carbocycles. The summed E-state index contributed by atoms with van der Waals surface area (Å²) in [5.41, 5.74) is 0. The van der Waals surface area contributed by atoms with E-state index in [9.17, 15) is 0 Å². The fourth-order valence-corrected chi connectivity index (χ4v) is 0.260. The van der Waals surface area contributed by atoms with Crippen LogP contribution in [-0.2, 0) is 55.7 Å². The van der Waals surface area contributed by atoms with Crippen LogP contribution in [-0.4, -0.2) is 47.1 Å². The van der Waals surface area contributed by atoms with Gasteiger partial charge in [-0.05, 0) is 11.2 Å². The molecule has 0 saturated heterocycles. The number of aliphatic hydroxyl groups is 3. The Morgan fingerprint density at radius 2 is 1.28 bits per heavy atom. The van der Waals surface area contributed by atoms with Gasteiger partial charge in [0.05, 0.1) is 0 Å². The second kappa shape index (κ2) is 36.5. The van der Waals surface area contributed by atoms with Crippen molar-refractivity contribution in [2.24, 2.45) is 0 Å². The van der Waals surface area contributed by atoms with Crippen molar-refractivity contribution >= 4 is 36.0 Å². The van der Waals surface area contributed by atoms with Gasteiger partial charge in [-0.3, -0.25) is 4.52 Å². The van der Waals surface area contributed by atoms with Crippen LogP contribution in [0.5, 0.6) is 0 Å². The van der Waals surface area contributed by atoms with E-state index >= 15 is 0 Å². The molecule has 0 rings (SSSR count). The quantitative estimate of drug-likeness (QED) is 0.121. The number of hydrogen-bond acceptors (Lipinski definition) is 8. The van der Waals surface area contributed by atoms with Gasteiger partial charge in [0.15, 0.2) is 6.79 Å². The molecule has 5 N–H and O–H groups in total. The average molecular weight is 665 g/mol. The van der Waals surface area contributed by atoms with E-state index in [2.05, 4.69) is 27.8 Å². The molecule has 0 heterocycles. The van der Waals surface area contributed by atoms with E-state index in [0.717, 1.165) is 0 Å². The molecule has 3 radical (unpaired) electrons. The Labute approximate surface area is 144 Å². The molecular weight excluding hydrogens is 652 g/mol. The Morgan fingerprint density at radius 1 is 1.00 bits per heavy atom. The molecule has 14 heteroatoms. The van der Waals surface area contributed by atoms with Gasteiger partial charge in [0.2, 0.25) is 7.73 Å². The summed E-state index contributed by atoms with van der Waals surface area (Å²) in [6.45, 7) is -1.29. The molecule has 0 aromatic rings. The monoisotopic (exact) mass is 665 g/mol. The maximum Gasteiger partial charge on any atom is 0.298 e. The molecule has 0 spiro atoms. The van der Waals surface area contributed by atoms with Gasteiger partial charge in [-0.15, -0.1) is 0 Å². The predicted octanol–water partition coefficient (Wildman–Crippen LogP) is -0.225. The molecule has 0 aromatic heterocycles. The van der Waals surface area contributed by atoms with Crippen molar-refractivity contribution in [2.45, 2.75) is 0 Å². The third-order valence-corrected chi connectivity index (χ3v) is 1.45. The van der Waals surface area contributed by atoms with Crippen molar-refractivity contribution in [1.82, 2.24) is 0 Å². The van der Waals surface area contributed by atoms with Crippen LogP contribution in [0.1, 0.15) is 0 Å². The van der Waals surface area contributed by atoms with Gasteiger partial charge in [0, 0.05) is 50.5 Å². The van der Waals surface area contributed by atoms with E-state index < -0.39 is 29.9 Å². The zero-order valence-electron chi connectivity index (χ0n) is 8.96. The first-order valence-electron chi connectivity index (χ1n) is 2.93. The molecule has 0 aromatic carbocycles. The van der Waals surface area contributed by atoms with Crippen molar-refractivity contribution in [2.75, 3.05) is 13.6 Å². The van der Waals surface area contributed by atoms with Crippen LogP contribution in [0.4, 0.5) is 0 Å². The summed E-state index contributed by atoms with van der Waals surface area (Å²) in [4.78, 5) is 16.2. The minimum Gasteiger partial charge on any atom is -0.503 e. The van der Waals surface area contributed by atoms with Gasteiger partial charge in [0.1, 0.15) is 6.79 Å². The minimum absolute atomic E-state index is 0. The summed E-state index contributed by atoms with van der Waals surface area (Å²) in [5, 5.41) is 22.1. The van der Waals surface area contributed by atoms with Crippen molar-refractivity contribution in [3.63, 3.8) is 0 Å². The molecule has 18 heavy (non-hydrogen) atoms. The molecule has 0 saturated carbocycles. The van der Waals surface area contributed by atoms with Crippen LogP contribution in [0.25, 0.3) is 0 Å². The summed E-state index contributed by atoms with van der Waals surface area (Å²) in [7, 11) is 2.00. The molecule has 0 aliphatic rings. The Bertz CT molecular complexity index is 113. The second-order valence-corrected chi connectivity index (χ2v) is 3.69. The first-order valence-corrected chi connectivity index (χ1v) is 6.18. The number of hydrogen-bond donors (Lipinski definition) is 5. The first kappa shape index (κ1) is 37.0. The maximum absolute atomic E-state index is 8.26. The van der Waals surface area contributed by atoms with Crippen molar-refractivity contribution in [3.8, 4) is 0 Å². The smallest absolute Gasteiger partial charge is 0.298 e. The van der Waals surface area contributed by atoms with E-state index in [-0.39, 0.29) is 50.5 Å². The van der Waals surface area contributed by atoms with Gasteiger partial charge in [-0.25, -0.2) is 14.2 Å². The van der Waals surface area contributed by atoms with E-state index in [1.807, 2.05) is 0 Å². The molecule has 0 fully saturated rings. The van der Waals surface area contributed by atoms with E-state index in [1.165, 1.54) is 0 Å². The molecular formula is C4H13BClO8P2W2-2. The Morgan fingerprint density at radius 3 is 1.33 bits per heavy atom. The predicted molar refractivity (Wildman–Crippen MR) is 60.2 cm³/mol. The number of rotatable bonds is 4. The van der Waals surface area contributed by atoms with Crippen molar-refractivity contribution in [1.29, 1.82) is 0 Å². The topological polar surface area (TPSA) is 129 Å². The molecule has 111 valence electrons. The van der Waals surface area contributed by atoms with Gasteiger partial charge in [-0.2, -0.15) is 0 Å². The van der Waals surface area contributed by atoms with E-state index in [0.29, 0.717) is 0 Å². The summed E-state index contributed by atoms with van der Waals surface area (Å²) < 4.78 is 11.9. The first-order chi connectivity index (χ1) is 6.99. The van der Waals surface area contributed by atoms with Crippen molar-refractivity contribution < 1.29 is 80.8 Å². The van der Waals surface area contributed by atoms with Gasteiger partial charge in [-0.1, -0.05) is 0 Å². The van der Waals surface area contributed by atoms with E-state index in [4.69, 9.17) is 36.3 Å². The van der Waals surface area contributed by atoms with Crippen LogP contribution in [0.3, 0.4) is 0 Å². The van der Waals surface area contributed by atoms with Crippen molar-refractivity contribution in [3.05, 3.63) is 14.2 Å². The number of halogens is 1. The van der Waals surface area contributed by atoms with Crippen LogP contribution < -0.4 is 0 Å². The summed E-state index contributed by atoms with van der Waals surface area (Å²) in [6, 6.07) is 0. The zero-order valence-corrected chi connectivity index (χ0v) is 17.4. The third kappa shape index (κ3) is 63.4. The molecule has 0 aliphatic heterocycles. The Hall–Kier alpha value is 2.27.